The van der Waals surface area contributed by atoms with Gasteiger partial charge in [-0.1, -0.05) is 161 Å². The van der Waals surface area contributed by atoms with E-state index >= 15 is 0 Å². The smallest absolute Gasteiger partial charge is 0.462 e. The Bertz CT molecular complexity index is 884. The molecule has 0 spiro atoms. The van der Waals surface area contributed by atoms with E-state index in [0.29, 0.717) is 12.8 Å². The number of phosphoric acid groups is 1. The topological polar surface area (TPSA) is 149 Å². The average molecular weight is 763 g/mol. The number of rotatable bonds is 40. The van der Waals surface area contributed by atoms with Crippen LogP contribution in [0.25, 0.3) is 0 Å². The largest absolute Gasteiger partial charge is 0.472 e. The molecule has 0 aromatic rings. The Morgan fingerprint density at radius 3 is 1.40 bits per heavy atom. The van der Waals surface area contributed by atoms with Crippen LogP contribution in [0.2, 0.25) is 0 Å². The number of hydrogen-bond donors (Lipinski definition) is 3. The molecular weight excluding hydrogens is 683 g/mol. The number of esters is 2. The SMILES string of the molecule is CCCCCC/C=C/CCCCCCCCCCCC(=O)OC[C@@H](COP(=O)(O)OC[C@H](O)CO)OC(=O)CCCCCCCCCCCCCC. The molecule has 0 heterocycles. The summed E-state index contributed by atoms with van der Waals surface area (Å²) in [5.41, 5.74) is 0. The third-order valence-electron chi connectivity index (χ3n) is 9.17. The first-order chi connectivity index (χ1) is 25.2. The van der Waals surface area contributed by atoms with Gasteiger partial charge in [0.2, 0.25) is 0 Å². The fourth-order valence-corrected chi connectivity index (χ4v) is 6.66. The fraction of sp³-hybridized carbons (Fsp3) is 0.902. The highest BCUT2D eigenvalue weighted by atomic mass is 31.2. The van der Waals surface area contributed by atoms with Gasteiger partial charge < -0.3 is 24.6 Å². The summed E-state index contributed by atoms with van der Waals surface area (Å²) in [4.78, 5) is 34.9. The lowest BCUT2D eigenvalue weighted by atomic mass is 10.0. The van der Waals surface area contributed by atoms with Gasteiger partial charge in [0, 0.05) is 12.8 Å². The normalized spacial score (nSPS) is 14.0. The summed E-state index contributed by atoms with van der Waals surface area (Å²) >= 11 is 0. The van der Waals surface area contributed by atoms with Crippen LogP contribution in [0.4, 0.5) is 0 Å². The van der Waals surface area contributed by atoms with Crippen molar-refractivity contribution in [1.82, 2.24) is 0 Å². The molecule has 0 fully saturated rings. The van der Waals surface area contributed by atoms with Gasteiger partial charge in [0.25, 0.3) is 0 Å². The first-order valence-corrected chi connectivity index (χ1v) is 22.6. The highest BCUT2D eigenvalue weighted by molar-refractivity contribution is 7.47. The van der Waals surface area contributed by atoms with Gasteiger partial charge >= 0.3 is 19.8 Å². The van der Waals surface area contributed by atoms with Gasteiger partial charge in [-0.3, -0.25) is 18.6 Å². The summed E-state index contributed by atoms with van der Waals surface area (Å²) in [7, 11) is -4.61. The number of phosphoric ester groups is 1. The van der Waals surface area contributed by atoms with Crippen molar-refractivity contribution in [2.45, 2.75) is 212 Å². The van der Waals surface area contributed by atoms with E-state index in [1.807, 2.05) is 0 Å². The molecule has 52 heavy (non-hydrogen) atoms. The van der Waals surface area contributed by atoms with E-state index < -0.39 is 51.8 Å². The second kappa shape index (κ2) is 38.0. The minimum absolute atomic E-state index is 0.189. The lowest BCUT2D eigenvalue weighted by molar-refractivity contribution is -0.161. The number of carbonyl (C=O) groups excluding carboxylic acids is 2. The summed E-state index contributed by atoms with van der Waals surface area (Å²) < 4.78 is 32.7. The van der Waals surface area contributed by atoms with Gasteiger partial charge in [0.05, 0.1) is 19.8 Å². The number of ether oxygens (including phenoxy) is 2. The molecule has 0 rings (SSSR count). The molecule has 0 aliphatic heterocycles. The second-order valence-electron chi connectivity index (χ2n) is 14.4. The first-order valence-electron chi connectivity index (χ1n) is 21.1. The Labute approximate surface area is 317 Å². The predicted molar refractivity (Wildman–Crippen MR) is 210 cm³/mol. The molecular formula is C41H79O10P. The Kier molecular flexibility index (Phi) is 37.1. The predicted octanol–water partition coefficient (Wildman–Crippen LogP) is 10.8. The highest BCUT2D eigenvalue weighted by Crippen LogP contribution is 2.43. The molecule has 0 bridgehead atoms. The van der Waals surface area contributed by atoms with Crippen molar-refractivity contribution in [2.24, 2.45) is 0 Å². The molecule has 3 atom stereocenters. The number of aliphatic hydroxyl groups excluding tert-OH is 2. The summed E-state index contributed by atoms with van der Waals surface area (Å²) in [6.07, 6.45) is 34.6. The maximum absolute atomic E-state index is 12.6. The quantitative estimate of drug-likeness (QED) is 0.0238. The number of unbranched alkanes of at least 4 members (excludes halogenated alkanes) is 24. The van der Waals surface area contributed by atoms with Crippen molar-refractivity contribution in [1.29, 1.82) is 0 Å². The molecule has 0 aliphatic carbocycles. The zero-order valence-electron chi connectivity index (χ0n) is 33.3. The number of aliphatic hydroxyl groups is 2. The molecule has 0 amide bonds. The molecule has 0 aromatic heterocycles. The number of allylic oxidation sites excluding steroid dienone is 2. The van der Waals surface area contributed by atoms with Crippen LogP contribution >= 0.6 is 7.82 Å². The minimum atomic E-state index is -4.61. The van der Waals surface area contributed by atoms with E-state index in [-0.39, 0.29) is 19.4 Å². The van der Waals surface area contributed by atoms with Crippen molar-refractivity contribution in [2.75, 3.05) is 26.4 Å². The van der Waals surface area contributed by atoms with Gasteiger partial charge in [-0.15, -0.1) is 0 Å². The van der Waals surface area contributed by atoms with E-state index in [1.54, 1.807) is 0 Å². The molecule has 1 unspecified atom stereocenters. The average Bonchev–Trinajstić information content (AvgIpc) is 3.13. The highest BCUT2D eigenvalue weighted by Gasteiger charge is 2.27. The lowest BCUT2D eigenvalue weighted by Gasteiger charge is -2.20. The molecule has 11 heteroatoms. The van der Waals surface area contributed by atoms with Gasteiger partial charge in [-0.2, -0.15) is 0 Å². The molecule has 0 saturated carbocycles. The summed E-state index contributed by atoms with van der Waals surface area (Å²) in [5.74, 6) is -0.919. The van der Waals surface area contributed by atoms with E-state index in [4.69, 9.17) is 19.1 Å². The van der Waals surface area contributed by atoms with Crippen LogP contribution < -0.4 is 0 Å². The summed E-state index contributed by atoms with van der Waals surface area (Å²) in [6, 6.07) is 0. The van der Waals surface area contributed by atoms with Gasteiger partial charge in [-0.25, -0.2) is 4.57 Å². The Morgan fingerprint density at radius 2 is 0.942 bits per heavy atom. The van der Waals surface area contributed by atoms with Gasteiger partial charge in [0.1, 0.15) is 12.7 Å². The molecule has 10 nitrogen and oxygen atoms in total. The van der Waals surface area contributed by atoms with Crippen LogP contribution in [0.1, 0.15) is 200 Å². The summed E-state index contributed by atoms with van der Waals surface area (Å²) in [6.45, 7) is 2.38. The van der Waals surface area contributed by atoms with E-state index in [9.17, 15) is 24.2 Å². The Morgan fingerprint density at radius 1 is 0.558 bits per heavy atom. The summed E-state index contributed by atoms with van der Waals surface area (Å²) in [5, 5.41) is 18.3. The Hall–Kier alpha value is -1.29. The van der Waals surface area contributed by atoms with Crippen molar-refractivity contribution in [3.63, 3.8) is 0 Å². The van der Waals surface area contributed by atoms with Crippen LogP contribution in [-0.2, 0) is 32.7 Å². The molecule has 0 radical (unpaired) electrons. The van der Waals surface area contributed by atoms with Crippen molar-refractivity contribution in [3.8, 4) is 0 Å². The molecule has 3 N–H and O–H groups in total. The van der Waals surface area contributed by atoms with Crippen molar-refractivity contribution >= 4 is 19.8 Å². The third-order valence-corrected chi connectivity index (χ3v) is 10.1. The number of hydrogen-bond acceptors (Lipinski definition) is 9. The van der Waals surface area contributed by atoms with Crippen LogP contribution in [0.15, 0.2) is 12.2 Å². The maximum Gasteiger partial charge on any atom is 0.472 e. The molecule has 308 valence electrons. The van der Waals surface area contributed by atoms with E-state index in [0.717, 1.165) is 38.5 Å². The van der Waals surface area contributed by atoms with Crippen LogP contribution in [0.5, 0.6) is 0 Å². The third kappa shape index (κ3) is 37.0. The second-order valence-corrected chi connectivity index (χ2v) is 15.8. The van der Waals surface area contributed by atoms with Crippen LogP contribution in [-0.4, -0.2) is 65.7 Å². The Balaban J connectivity index is 4.26. The first kappa shape index (κ1) is 50.7. The van der Waals surface area contributed by atoms with Crippen molar-refractivity contribution < 1.29 is 47.8 Å². The maximum atomic E-state index is 12.6. The van der Waals surface area contributed by atoms with E-state index in [1.165, 1.54) is 122 Å². The minimum Gasteiger partial charge on any atom is -0.462 e. The van der Waals surface area contributed by atoms with E-state index in [2.05, 4.69) is 30.5 Å². The zero-order chi connectivity index (χ0) is 38.4. The fourth-order valence-electron chi connectivity index (χ4n) is 5.87. The molecule has 0 saturated heterocycles. The van der Waals surface area contributed by atoms with Crippen LogP contribution in [0, 0.1) is 0 Å². The zero-order valence-corrected chi connectivity index (χ0v) is 34.2. The molecule has 0 aliphatic rings. The number of carbonyl (C=O) groups is 2. The monoisotopic (exact) mass is 763 g/mol. The molecule has 0 aromatic carbocycles. The van der Waals surface area contributed by atoms with Crippen molar-refractivity contribution in [3.05, 3.63) is 12.2 Å². The van der Waals surface area contributed by atoms with Crippen LogP contribution in [0.3, 0.4) is 0 Å². The standard InChI is InChI=1S/C41H79O10P/c1-3-5-7-9-11-13-15-17-18-19-20-21-23-24-26-28-30-32-40(44)48-36-39(37-50-52(46,47)49-35-38(43)34-42)51-41(45)33-31-29-27-25-22-16-14-12-10-8-6-4-2/h13,15,38-39,42-43H,3-12,14,16-37H2,1-2H3,(H,46,47)/b15-13+/t38-,39+/m1/s1. The van der Waals surface area contributed by atoms with Gasteiger partial charge in [-0.05, 0) is 38.5 Å². The van der Waals surface area contributed by atoms with Gasteiger partial charge in [0.15, 0.2) is 6.10 Å². The lowest BCUT2D eigenvalue weighted by Crippen LogP contribution is -2.29.